The summed E-state index contributed by atoms with van der Waals surface area (Å²) in [6.45, 7) is 29.7. The number of rotatable bonds is 10. The van der Waals surface area contributed by atoms with Crippen molar-refractivity contribution < 1.29 is 42.4 Å². The summed E-state index contributed by atoms with van der Waals surface area (Å²) in [6.07, 6.45) is 0. The summed E-state index contributed by atoms with van der Waals surface area (Å²) in [4.78, 5) is 41.3. The minimum atomic E-state index is -2.06. The van der Waals surface area contributed by atoms with E-state index in [4.69, 9.17) is 28.0 Å². The van der Waals surface area contributed by atoms with Crippen LogP contribution >= 0.6 is 16.9 Å². The first-order valence-electron chi connectivity index (χ1n) is 23.5. The molecule has 0 amide bonds. The maximum absolute atomic E-state index is 13.8. The molecular formula is C53H62N4O9P2. The van der Waals surface area contributed by atoms with Gasteiger partial charge < -0.3 is 28.0 Å². The van der Waals surface area contributed by atoms with E-state index in [9.17, 15) is 14.4 Å². The maximum atomic E-state index is 13.8. The number of ether oxygens (including phenoxy) is 4. The topological polar surface area (TPSA) is 126 Å². The second-order valence-corrected chi connectivity index (χ2v) is 23.3. The van der Waals surface area contributed by atoms with Gasteiger partial charge in [-0.1, -0.05) is 81.4 Å². The van der Waals surface area contributed by atoms with Crippen LogP contribution in [0, 0.1) is 6.92 Å². The van der Waals surface area contributed by atoms with Crippen molar-refractivity contribution in [3.05, 3.63) is 141 Å². The average molecular weight is 961 g/mol. The molecular weight excluding hydrogens is 899 g/mol. The van der Waals surface area contributed by atoms with Crippen LogP contribution < -0.4 is 13.8 Å². The van der Waals surface area contributed by atoms with E-state index in [1.54, 1.807) is 32.9 Å². The van der Waals surface area contributed by atoms with Gasteiger partial charge in [0.15, 0.2) is 23.0 Å². The first kappa shape index (κ1) is 47.3. The van der Waals surface area contributed by atoms with Crippen LogP contribution in [0.5, 0.6) is 23.0 Å². The van der Waals surface area contributed by atoms with E-state index < -0.39 is 40.2 Å². The van der Waals surface area contributed by atoms with Crippen molar-refractivity contribution in [1.29, 1.82) is 0 Å². The van der Waals surface area contributed by atoms with Crippen LogP contribution in [0.15, 0.2) is 72.8 Å². The SMILES string of the molecule is CCOC(=O)c1ccc2n1P(Oc1cc(C(C)(C)C)cc3c1Oc1c(OP4n5c(C(=O)OCC)ccc5C(C)c5ccc(C(=O)OCC)n54)cc(C(C)(C)C)cc1C3(C)C)n1c(C)ccc1C2C. The summed E-state index contributed by atoms with van der Waals surface area (Å²) < 4.78 is 47.1. The normalized spacial score (nSPS) is 18.7. The van der Waals surface area contributed by atoms with E-state index in [0.717, 1.165) is 50.7 Å². The van der Waals surface area contributed by atoms with Gasteiger partial charge in [0.1, 0.15) is 17.1 Å². The lowest BCUT2D eigenvalue weighted by atomic mass is 9.72. The van der Waals surface area contributed by atoms with Gasteiger partial charge in [0.25, 0.3) is 0 Å². The van der Waals surface area contributed by atoms with Gasteiger partial charge in [0.2, 0.25) is 0 Å². The molecule has 7 heterocycles. The van der Waals surface area contributed by atoms with Crippen LogP contribution in [-0.2, 0) is 30.5 Å². The van der Waals surface area contributed by atoms with Crippen LogP contribution in [0.2, 0.25) is 0 Å². The Labute approximate surface area is 401 Å². The van der Waals surface area contributed by atoms with Crippen molar-refractivity contribution in [3.63, 3.8) is 0 Å². The number of carbonyl (C=O) groups excluding carboxylic acids is 3. The maximum Gasteiger partial charge on any atom is 0.355 e. The molecule has 0 saturated carbocycles. The van der Waals surface area contributed by atoms with Crippen LogP contribution in [0.4, 0.5) is 0 Å². The van der Waals surface area contributed by atoms with Gasteiger partial charge in [-0.15, -0.1) is 0 Å². The zero-order valence-corrected chi connectivity index (χ0v) is 43.4. The lowest BCUT2D eigenvalue weighted by Crippen LogP contribution is -2.29. The Balaban J connectivity index is 1.27. The highest BCUT2D eigenvalue weighted by atomic mass is 31.2. The number of hydrogen-bond acceptors (Lipinski definition) is 9. The van der Waals surface area contributed by atoms with Crippen LogP contribution in [0.25, 0.3) is 0 Å². The first-order valence-corrected chi connectivity index (χ1v) is 25.8. The predicted molar refractivity (Wildman–Crippen MR) is 265 cm³/mol. The minimum absolute atomic E-state index is 0.0251. The fraction of sp³-hybridized carbons (Fsp3) is 0.415. The standard InChI is InChI=1S/C53H62N4O9P2/c1-15-61-48(58)41-23-20-38-31(5)37-19-18-30(4)54(37)67(55(38)41)65-44-28-33(51(7,8)9)26-35-46(44)64-47-36(53(35,13)14)27-34(52(10,11)12)29-45(47)66-68-56-39(21-24-42(56)49(59)62-16-2)32(6)40-22-25-43(57(40)68)50(60)63-17-3/h18-29,31-32H,15-17H2,1-14H3. The highest BCUT2D eigenvalue weighted by Crippen LogP contribution is 2.62. The van der Waals surface area contributed by atoms with Gasteiger partial charge in [-0.25, -0.2) is 14.4 Å². The molecule has 4 aromatic heterocycles. The van der Waals surface area contributed by atoms with Gasteiger partial charge in [-0.3, -0.25) is 17.4 Å². The van der Waals surface area contributed by atoms with Crippen LogP contribution in [-0.4, -0.2) is 55.1 Å². The summed E-state index contributed by atoms with van der Waals surface area (Å²) >= 11 is 0. The Bertz CT molecular complexity index is 2950. The fourth-order valence-electron chi connectivity index (χ4n) is 9.49. The highest BCUT2D eigenvalue weighted by Gasteiger charge is 2.45. The van der Waals surface area contributed by atoms with Gasteiger partial charge >= 0.3 is 34.8 Å². The van der Waals surface area contributed by atoms with E-state index in [1.165, 1.54) is 0 Å². The summed E-state index contributed by atoms with van der Waals surface area (Å²) in [5, 5.41) is 0. The lowest BCUT2D eigenvalue weighted by Gasteiger charge is -2.40. The van der Waals surface area contributed by atoms with Gasteiger partial charge in [-0.2, -0.15) is 0 Å². The summed E-state index contributed by atoms with van der Waals surface area (Å²) in [7, 11) is -3.83. The number of aromatic nitrogens is 4. The monoisotopic (exact) mass is 960 g/mol. The summed E-state index contributed by atoms with van der Waals surface area (Å²) in [5.74, 6) is 0.296. The zero-order chi connectivity index (χ0) is 48.9. The van der Waals surface area contributed by atoms with Crippen LogP contribution in [0.3, 0.4) is 0 Å². The molecule has 2 atom stereocenters. The molecule has 0 spiro atoms. The second kappa shape index (κ2) is 17.0. The molecule has 3 aliphatic rings. The van der Waals surface area contributed by atoms with Gasteiger partial charge in [0, 0.05) is 56.8 Å². The number of carbonyl (C=O) groups is 3. The molecule has 0 N–H and O–H groups in total. The quantitative estimate of drug-likeness (QED) is 0.0749. The number of hydrogen-bond donors (Lipinski definition) is 0. The number of esters is 3. The number of aryl methyl sites for hydroxylation is 1. The molecule has 0 fully saturated rings. The predicted octanol–water partition coefficient (Wildman–Crippen LogP) is 13.1. The third-order valence-corrected chi connectivity index (χ3v) is 17.4. The minimum Gasteiger partial charge on any atom is -0.461 e. The van der Waals surface area contributed by atoms with Crippen molar-refractivity contribution >= 4 is 34.8 Å². The van der Waals surface area contributed by atoms with E-state index in [-0.39, 0.29) is 42.5 Å². The van der Waals surface area contributed by atoms with Crippen molar-refractivity contribution in [2.45, 2.75) is 125 Å². The Morgan fingerprint density at radius 3 is 1.25 bits per heavy atom. The summed E-state index contributed by atoms with van der Waals surface area (Å²) in [5.41, 5.74) is 8.32. The zero-order valence-electron chi connectivity index (χ0n) is 41.6. The average Bonchev–Trinajstić information content (AvgIpc) is 4.09. The van der Waals surface area contributed by atoms with Crippen molar-refractivity contribution in [2.24, 2.45) is 0 Å². The lowest BCUT2D eigenvalue weighted by molar-refractivity contribution is 0.0507. The molecule has 0 radical (unpaired) electrons. The molecule has 13 nitrogen and oxygen atoms in total. The Morgan fingerprint density at radius 1 is 0.559 bits per heavy atom. The number of benzene rings is 2. The number of nitrogens with zero attached hydrogens (tertiary/aromatic N) is 4. The van der Waals surface area contributed by atoms with Crippen molar-refractivity contribution in [2.75, 3.05) is 19.8 Å². The van der Waals surface area contributed by atoms with Gasteiger partial charge in [-0.05, 0) is 110 Å². The molecule has 2 aromatic carbocycles. The Kier molecular flexibility index (Phi) is 11.8. The molecule has 68 heavy (non-hydrogen) atoms. The number of fused-ring (bicyclic) bond motifs is 6. The van der Waals surface area contributed by atoms with Gasteiger partial charge in [0.05, 0.1) is 19.8 Å². The molecule has 358 valence electrons. The highest BCUT2D eigenvalue weighted by molar-refractivity contribution is 7.50. The van der Waals surface area contributed by atoms with Crippen molar-refractivity contribution in [3.8, 4) is 23.0 Å². The molecule has 9 rings (SSSR count). The molecule has 3 aliphatic heterocycles. The van der Waals surface area contributed by atoms with E-state index >= 15 is 0 Å². The molecule has 15 heteroatoms. The molecule has 0 saturated heterocycles. The van der Waals surface area contributed by atoms with E-state index in [2.05, 4.69) is 104 Å². The van der Waals surface area contributed by atoms with Crippen LogP contribution in [0.1, 0.15) is 184 Å². The largest absolute Gasteiger partial charge is 0.461 e. The fourth-order valence-corrected chi connectivity index (χ4v) is 13.9. The molecule has 0 bridgehead atoms. The second-order valence-electron chi connectivity index (χ2n) is 20.3. The smallest absolute Gasteiger partial charge is 0.355 e. The molecule has 2 unspecified atom stereocenters. The summed E-state index contributed by atoms with van der Waals surface area (Å²) in [6, 6.07) is 24.0. The molecule has 6 aromatic rings. The third-order valence-electron chi connectivity index (χ3n) is 13.4. The first-order chi connectivity index (χ1) is 32.1. The van der Waals surface area contributed by atoms with E-state index in [0.29, 0.717) is 40.1 Å². The van der Waals surface area contributed by atoms with E-state index in [1.807, 2.05) is 50.3 Å². The Morgan fingerprint density at radius 2 is 0.897 bits per heavy atom. The Hall–Kier alpha value is -5.77. The third kappa shape index (κ3) is 7.56. The molecule has 0 aliphatic carbocycles. The van der Waals surface area contributed by atoms with Crippen molar-refractivity contribution in [1.82, 2.24) is 17.4 Å².